The highest BCUT2D eigenvalue weighted by Gasteiger charge is 2.69. The largest absolute Gasteiger partial charge is 0.291 e. The Morgan fingerprint density at radius 3 is 2.33 bits per heavy atom. The Kier molecular flexibility index (Phi) is 1.61. The number of hydrogen-bond donors (Lipinski definition) is 0. The van der Waals surface area contributed by atoms with Gasteiger partial charge in [-0.25, -0.2) is 0 Å². The molecule has 3 aliphatic rings. The summed E-state index contributed by atoms with van der Waals surface area (Å²) in [6.07, 6.45) is 2.37. The molecule has 0 aliphatic heterocycles. The first-order chi connectivity index (χ1) is 6.96. The Morgan fingerprint density at radius 2 is 1.67 bits per heavy atom. The molecule has 82 valence electrons. The highest BCUT2D eigenvalue weighted by atomic mass is 16.2. The Morgan fingerprint density at radius 1 is 1.07 bits per heavy atom. The molecule has 1 unspecified atom stereocenters. The van der Waals surface area contributed by atoms with Crippen molar-refractivity contribution >= 4 is 11.6 Å². The van der Waals surface area contributed by atoms with Gasteiger partial charge >= 0.3 is 0 Å². The average Bonchev–Trinajstić information content (AvgIpc) is 2.64. The number of ketones is 2. The molecule has 0 aromatic heterocycles. The summed E-state index contributed by atoms with van der Waals surface area (Å²) in [6.45, 7) is 6.49. The van der Waals surface area contributed by atoms with Gasteiger partial charge in [-0.3, -0.25) is 9.59 Å². The maximum atomic E-state index is 11.9. The first-order valence-electron chi connectivity index (χ1n) is 6.04. The lowest BCUT2D eigenvalue weighted by Crippen LogP contribution is -2.34. The van der Waals surface area contributed by atoms with Crippen LogP contribution in [0.1, 0.15) is 33.6 Å². The summed E-state index contributed by atoms with van der Waals surface area (Å²) in [5.74, 6) is 1.64. The molecule has 3 fully saturated rings. The predicted molar refractivity (Wildman–Crippen MR) is 56.2 cm³/mol. The summed E-state index contributed by atoms with van der Waals surface area (Å²) < 4.78 is 0. The van der Waals surface area contributed by atoms with Crippen molar-refractivity contribution in [3.05, 3.63) is 0 Å². The number of carbonyl (C=O) groups excluding carboxylic acids is 2. The smallest absolute Gasteiger partial charge is 0.202 e. The van der Waals surface area contributed by atoms with Crippen LogP contribution in [0.4, 0.5) is 0 Å². The van der Waals surface area contributed by atoms with Crippen LogP contribution in [-0.2, 0) is 9.59 Å². The summed E-state index contributed by atoms with van der Waals surface area (Å²) in [7, 11) is 0. The molecule has 0 N–H and O–H groups in total. The van der Waals surface area contributed by atoms with Crippen LogP contribution in [0.3, 0.4) is 0 Å². The van der Waals surface area contributed by atoms with Crippen LogP contribution >= 0.6 is 0 Å². The molecule has 3 saturated carbocycles. The maximum Gasteiger partial charge on any atom is 0.202 e. The van der Waals surface area contributed by atoms with Gasteiger partial charge in [0.15, 0.2) is 0 Å². The van der Waals surface area contributed by atoms with Crippen molar-refractivity contribution in [2.24, 2.45) is 35.0 Å². The second kappa shape index (κ2) is 2.53. The average molecular weight is 206 g/mol. The Labute approximate surface area is 90.4 Å². The predicted octanol–water partition coefficient (Wildman–Crippen LogP) is 2.07. The molecule has 0 saturated heterocycles. The number of rotatable bonds is 0. The van der Waals surface area contributed by atoms with Crippen LogP contribution in [0.15, 0.2) is 0 Å². The molecule has 15 heavy (non-hydrogen) atoms. The lowest BCUT2D eigenvalue weighted by Gasteiger charge is -2.26. The van der Waals surface area contributed by atoms with E-state index in [9.17, 15) is 9.59 Å². The van der Waals surface area contributed by atoms with Crippen molar-refractivity contribution in [2.75, 3.05) is 0 Å². The second-order valence-corrected chi connectivity index (χ2v) is 6.30. The van der Waals surface area contributed by atoms with Gasteiger partial charge in [0.25, 0.3) is 0 Å². The molecule has 3 aliphatic carbocycles. The fraction of sp³-hybridized carbons (Fsp3) is 0.846. The molecule has 0 aromatic carbocycles. The van der Waals surface area contributed by atoms with Gasteiger partial charge in [0.05, 0.1) is 0 Å². The topological polar surface area (TPSA) is 34.1 Å². The molecular weight excluding hydrogens is 188 g/mol. The minimum Gasteiger partial charge on any atom is -0.291 e. The molecule has 5 atom stereocenters. The standard InChI is InChI=1S/C13H18O2/c1-6-4-5-7-8(6)10-12(15)11(14)9(7)13(10,2)3/h6-10H,4-5H2,1-3H3/t6?,7-,8+,9+,10-/m0/s1. The third-order valence-electron chi connectivity index (χ3n) is 5.33. The summed E-state index contributed by atoms with van der Waals surface area (Å²) in [5, 5.41) is 0. The van der Waals surface area contributed by atoms with Gasteiger partial charge in [-0.05, 0) is 29.6 Å². The van der Waals surface area contributed by atoms with Crippen molar-refractivity contribution in [1.82, 2.24) is 0 Å². The monoisotopic (exact) mass is 206 g/mol. The second-order valence-electron chi connectivity index (χ2n) is 6.30. The lowest BCUT2D eigenvalue weighted by molar-refractivity contribution is -0.141. The fourth-order valence-electron chi connectivity index (χ4n) is 4.82. The van der Waals surface area contributed by atoms with E-state index in [1.807, 2.05) is 0 Å². The van der Waals surface area contributed by atoms with Crippen LogP contribution in [0.2, 0.25) is 0 Å². The van der Waals surface area contributed by atoms with Gasteiger partial charge in [-0.15, -0.1) is 0 Å². The zero-order valence-corrected chi connectivity index (χ0v) is 9.62. The van der Waals surface area contributed by atoms with Crippen molar-refractivity contribution in [2.45, 2.75) is 33.6 Å². The van der Waals surface area contributed by atoms with Crippen LogP contribution in [-0.4, -0.2) is 11.6 Å². The van der Waals surface area contributed by atoms with E-state index in [0.717, 1.165) is 6.42 Å². The van der Waals surface area contributed by atoms with E-state index in [1.165, 1.54) is 6.42 Å². The van der Waals surface area contributed by atoms with Crippen LogP contribution in [0, 0.1) is 35.0 Å². The van der Waals surface area contributed by atoms with Crippen LogP contribution < -0.4 is 0 Å². The molecule has 0 radical (unpaired) electrons. The molecular formula is C13H18O2. The van der Waals surface area contributed by atoms with Crippen molar-refractivity contribution in [3.63, 3.8) is 0 Å². The van der Waals surface area contributed by atoms with Crippen molar-refractivity contribution in [1.29, 1.82) is 0 Å². The lowest BCUT2D eigenvalue weighted by atomic mass is 9.76. The van der Waals surface area contributed by atoms with Gasteiger partial charge < -0.3 is 0 Å². The van der Waals surface area contributed by atoms with Gasteiger partial charge in [0, 0.05) is 11.8 Å². The molecule has 0 heterocycles. The Bertz CT molecular complexity index is 356. The van der Waals surface area contributed by atoms with E-state index in [2.05, 4.69) is 20.8 Å². The number of carbonyl (C=O) groups is 2. The first-order valence-corrected chi connectivity index (χ1v) is 6.04. The maximum absolute atomic E-state index is 11.9. The number of fused-ring (bicyclic) bond motifs is 5. The number of Topliss-reactive ketones (excluding diaryl/α,β-unsaturated/α-hetero) is 2. The molecule has 0 amide bonds. The Hall–Kier alpha value is -0.660. The van der Waals surface area contributed by atoms with Gasteiger partial charge in [-0.1, -0.05) is 27.2 Å². The van der Waals surface area contributed by atoms with Crippen LogP contribution in [0.25, 0.3) is 0 Å². The molecule has 0 spiro atoms. The zero-order chi connectivity index (χ0) is 11.0. The quantitative estimate of drug-likeness (QED) is 0.569. The summed E-state index contributed by atoms with van der Waals surface area (Å²) in [4.78, 5) is 23.8. The third-order valence-corrected chi connectivity index (χ3v) is 5.33. The molecule has 2 heteroatoms. The number of hydrogen-bond acceptors (Lipinski definition) is 2. The summed E-state index contributed by atoms with van der Waals surface area (Å²) >= 11 is 0. The molecule has 2 nitrogen and oxygen atoms in total. The van der Waals surface area contributed by atoms with E-state index >= 15 is 0 Å². The molecule has 3 rings (SSSR count). The minimum atomic E-state index is -0.0574. The minimum absolute atomic E-state index is 0.0394. The highest BCUT2D eigenvalue weighted by Crippen LogP contribution is 2.66. The van der Waals surface area contributed by atoms with Gasteiger partial charge in [-0.2, -0.15) is 0 Å². The first kappa shape index (κ1) is 9.56. The normalized spacial score (nSPS) is 51.3. The van der Waals surface area contributed by atoms with Gasteiger partial charge in [0.2, 0.25) is 11.6 Å². The van der Waals surface area contributed by atoms with E-state index < -0.39 is 0 Å². The Balaban J connectivity index is 2.11. The van der Waals surface area contributed by atoms with E-state index in [4.69, 9.17) is 0 Å². The molecule has 2 bridgehead atoms. The van der Waals surface area contributed by atoms with Crippen LogP contribution in [0.5, 0.6) is 0 Å². The third kappa shape index (κ3) is 0.873. The summed E-state index contributed by atoms with van der Waals surface area (Å²) in [5.41, 5.74) is -0.0574. The van der Waals surface area contributed by atoms with Crippen molar-refractivity contribution in [3.8, 4) is 0 Å². The molecule has 0 aromatic rings. The SMILES string of the molecule is CC1CC[C@H]2[C@@H]1[C@H]1C(=O)C(=O)[C@@H]2C1(C)C. The van der Waals surface area contributed by atoms with Crippen molar-refractivity contribution < 1.29 is 9.59 Å². The van der Waals surface area contributed by atoms with E-state index in [1.54, 1.807) is 0 Å². The van der Waals surface area contributed by atoms with E-state index in [-0.39, 0.29) is 28.8 Å². The van der Waals surface area contributed by atoms with Gasteiger partial charge in [0.1, 0.15) is 0 Å². The van der Waals surface area contributed by atoms with E-state index in [0.29, 0.717) is 17.8 Å². The summed E-state index contributed by atoms with van der Waals surface area (Å²) in [6, 6.07) is 0. The highest BCUT2D eigenvalue weighted by molar-refractivity contribution is 6.42. The zero-order valence-electron chi connectivity index (χ0n) is 9.62. The fourth-order valence-corrected chi connectivity index (χ4v) is 4.82.